The van der Waals surface area contributed by atoms with Gasteiger partial charge in [0.2, 0.25) is 11.5 Å². The first-order valence-corrected chi connectivity index (χ1v) is 22.4. The Morgan fingerprint density at radius 2 is 1.20 bits per heavy atom. The highest BCUT2D eigenvalue weighted by atomic mass is 28.4. The molecule has 1 aliphatic carbocycles. The second kappa shape index (κ2) is 15.2. The van der Waals surface area contributed by atoms with Crippen LogP contribution < -0.4 is 38.2 Å². The minimum Gasteiger partial charge on any atom is -0.541 e. The highest BCUT2D eigenvalue weighted by Gasteiger charge is 2.40. The van der Waals surface area contributed by atoms with Gasteiger partial charge < -0.3 is 27.8 Å². The van der Waals surface area contributed by atoms with Gasteiger partial charge in [-0.3, -0.25) is 0 Å². The Morgan fingerprint density at radius 3 is 1.69 bits per heavy atom. The number of ether oxygens (including phenoxy) is 4. The molecule has 6 nitrogen and oxygen atoms in total. The molecular weight excluding hydrogens is 669 g/mol. The summed E-state index contributed by atoms with van der Waals surface area (Å²) in [6.07, 6.45) is 4.13. The molecule has 0 N–H and O–H groups in total. The van der Waals surface area contributed by atoms with Gasteiger partial charge >= 0.3 is 0 Å². The molecule has 0 saturated heterocycles. The summed E-state index contributed by atoms with van der Waals surface area (Å²) < 4.78 is 38.9. The maximum Gasteiger partial charge on any atom is 0.299 e. The van der Waals surface area contributed by atoms with Gasteiger partial charge in [0.1, 0.15) is 5.75 Å². The summed E-state index contributed by atoms with van der Waals surface area (Å²) in [5.41, 5.74) is 4.06. The zero-order valence-electron chi connectivity index (χ0n) is 32.6. The van der Waals surface area contributed by atoms with Crippen LogP contribution >= 0.6 is 0 Å². The van der Waals surface area contributed by atoms with Crippen LogP contribution in [0.25, 0.3) is 5.57 Å². The van der Waals surface area contributed by atoms with Crippen LogP contribution in [0.4, 0.5) is 0 Å². The molecule has 272 valence electrons. The van der Waals surface area contributed by atoms with Crippen LogP contribution in [-0.4, -0.2) is 45.8 Å². The van der Waals surface area contributed by atoms with Crippen molar-refractivity contribution in [3.63, 3.8) is 0 Å². The molecule has 0 aromatic heterocycles. The Hall–Kier alpha value is -4.15. The third-order valence-electron chi connectivity index (χ3n) is 10.6. The molecule has 0 spiro atoms. The van der Waals surface area contributed by atoms with Gasteiger partial charge in [0.25, 0.3) is 17.4 Å². The summed E-state index contributed by atoms with van der Waals surface area (Å²) in [7, 11) is 2.21. The molecule has 0 amide bonds. The van der Waals surface area contributed by atoms with Crippen molar-refractivity contribution in [2.24, 2.45) is 11.3 Å². The maximum absolute atomic E-state index is 7.47. The molecule has 4 aromatic carbocycles. The van der Waals surface area contributed by atoms with Crippen LogP contribution in [0.3, 0.4) is 0 Å². The van der Waals surface area contributed by atoms with Crippen LogP contribution in [0.1, 0.15) is 64.7 Å². The van der Waals surface area contributed by atoms with Crippen molar-refractivity contribution >= 4 is 33.3 Å². The van der Waals surface area contributed by atoms with Crippen LogP contribution in [0.5, 0.6) is 34.5 Å². The van der Waals surface area contributed by atoms with Crippen LogP contribution in [-0.2, 0) is 6.42 Å². The van der Waals surface area contributed by atoms with E-state index in [0.717, 1.165) is 51.2 Å². The van der Waals surface area contributed by atoms with E-state index in [1.807, 2.05) is 18.2 Å². The van der Waals surface area contributed by atoms with Gasteiger partial charge in [-0.15, -0.1) is 0 Å². The average molecular weight is 725 g/mol. The summed E-state index contributed by atoms with van der Waals surface area (Å²) in [6, 6.07) is 27.4. The molecule has 4 aromatic rings. The molecule has 0 saturated carbocycles. The Balaban J connectivity index is 1.86. The number of allylic oxidation sites excluding steroid dienone is 1. The van der Waals surface area contributed by atoms with E-state index >= 15 is 0 Å². The van der Waals surface area contributed by atoms with Gasteiger partial charge in [-0.25, -0.2) is 0 Å². The summed E-state index contributed by atoms with van der Waals surface area (Å²) in [4.78, 5) is 0. The number of hydrogen-bond donors (Lipinski definition) is 0. The lowest BCUT2D eigenvalue weighted by Gasteiger charge is -2.37. The van der Waals surface area contributed by atoms with Gasteiger partial charge in [-0.2, -0.15) is 0 Å². The topological polar surface area (TPSA) is 55.4 Å². The van der Waals surface area contributed by atoms with Gasteiger partial charge in [-0.05, 0) is 75.9 Å². The van der Waals surface area contributed by atoms with Gasteiger partial charge in [-0.1, -0.05) is 114 Å². The Morgan fingerprint density at radius 1 is 0.647 bits per heavy atom. The molecule has 1 unspecified atom stereocenters. The van der Waals surface area contributed by atoms with E-state index in [4.69, 9.17) is 27.8 Å². The smallest absolute Gasteiger partial charge is 0.299 e. The van der Waals surface area contributed by atoms with E-state index < -0.39 is 17.4 Å². The lowest BCUT2D eigenvalue weighted by atomic mass is 9.77. The highest BCUT2D eigenvalue weighted by molar-refractivity contribution is 6.80. The van der Waals surface area contributed by atoms with Gasteiger partial charge in [0.15, 0.2) is 17.2 Å². The SMILES string of the molecule is COc1ccc(C2=CC(C(C)(C)C)CCc3c(OC)c(OC)c(OC)c(O[SiH](c4ccccc4)c4ccccc4)c32)cc1O[Si](C)(C)C(C)(C)C. The molecule has 51 heavy (non-hydrogen) atoms. The van der Waals surface area contributed by atoms with E-state index in [0.29, 0.717) is 28.7 Å². The number of methoxy groups -OCH3 is 4. The lowest BCUT2D eigenvalue weighted by molar-refractivity contribution is 0.278. The molecule has 8 heteroatoms. The van der Waals surface area contributed by atoms with E-state index in [1.165, 1.54) is 0 Å². The van der Waals surface area contributed by atoms with Gasteiger partial charge in [0, 0.05) is 11.1 Å². The molecule has 0 aliphatic heterocycles. The number of rotatable bonds is 11. The summed E-state index contributed by atoms with van der Waals surface area (Å²) >= 11 is 0. The summed E-state index contributed by atoms with van der Waals surface area (Å²) in [6.45, 7) is 18.2. The quantitative estimate of drug-likeness (QED) is 0.144. The first-order valence-electron chi connectivity index (χ1n) is 17.9. The predicted octanol–water partition coefficient (Wildman–Crippen LogP) is 9.06. The van der Waals surface area contributed by atoms with E-state index in [2.05, 4.69) is 121 Å². The van der Waals surface area contributed by atoms with Crippen molar-refractivity contribution in [3.05, 3.63) is 102 Å². The fraction of sp³-hybridized carbons (Fsp3) is 0.395. The van der Waals surface area contributed by atoms with Crippen molar-refractivity contribution in [2.75, 3.05) is 28.4 Å². The lowest BCUT2D eigenvalue weighted by Crippen LogP contribution is -2.47. The molecular formula is C43H56O6Si2. The van der Waals surface area contributed by atoms with Crippen molar-refractivity contribution in [2.45, 2.75) is 72.5 Å². The normalized spacial score (nSPS) is 15.0. The molecule has 1 atom stereocenters. The minimum absolute atomic E-state index is 0.00593. The predicted molar refractivity (Wildman–Crippen MR) is 215 cm³/mol. The maximum atomic E-state index is 7.47. The monoisotopic (exact) mass is 724 g/mol. The molecule has 5 rings (SSSR count). The number of fused-ring (bicyclic) bond motifs is 1. The fourth-order valence-electron chi connectivity index (χ4n) is 6.58. The molecule has 1 aliphatic rings. The zero-order chi connectivity index (χ0) is 37.1. The summed E-state index contributed by atoms with van der Waals surface area (Å²) in [5.74, 6) is 4.09. The first kappa shape index (κ1) is 38.1. The second-order valence-electron chi connectivity index (χ2n) is 15.9. The fourth-order valence-corrected chi connectivity index (χ4v) is 9.85. The third-order valence-corrected chi connectivity index (χ3v) is 17.4. The Kier molecular flexibility index (Phi) is 11.4. The van der Waals surface area contributed by atoms with E-state index in [1.54, 1.807) is 28.4 Å². The van der Waals surface area contributed by atoms with E-state index in [-0.39, 0.29) is 16.4 Å². The second-order valence-corrected chi connectivity index (χ2v) is 23.0. The molecule has 0 heterocycles. The van der Waals surface area contributed by atoms with Crippen LogP contribution in [0, 0.1) is 11.3 Å². The van der Waals surface area contributed by atoms with Crippen molar-refractivity contribution in [1.29, 1.82) is 0 Å². The average Bonchev–Trinajstić information content (AvgIpc) is 3.31. The Bertz CT molecular complexity index is 1800. The largest absolute Gasteiger partial charge is 0.541 e. The summed E-state index contributed by atoms with van der Waals surface area (Å²) in [5, 5.41) is 2.33. The van der Waals surface area contributed by atoms with Crippen LogP contribution in [0.15, 0.2) is 84.9 Å². The Labute approximate surface area is 308 Å². The molecule has 0 radical (unpaired) electrons. The van der Waals surface area contributed by atoms with Crippen molar-refractivity contribution < 1.29 is 27.8 Å². The first-order chi connectivity index (χ1) is 24.1. The standard InChI is InChI=1S/C43H56O6Si2/c1-42(2,3)30-24-25-33-37(34(28-30)29-23-26-35(44-7)36(27-29)49-51(11,12)43(4,5)6)39(41(47-10)40(46-9)38(33)45-8)48-50(31-19-15-13-16-20-31)32-21-17-14-18-22-32/h13-23,26-28,30,50H,24-25H2,1-12H3. The van der Waals surface area contributed by atoms with E-state index in [9.17, 15) is 0 Å². The molecule has 0 fully saturated rings. The number of hydrogen-bond acceptors (Lipinski definition) is 6. The number of benzene rings is 4. The van der Waals surface area contributed by atoms with Gasteiger partial charge in [0.05, 0.1) is 28.4 Å². The zero-order valence-corrected chi connectivity index (χ0v) is 34.8. The highest BCUT2D eigenvalue weighted by Crippen LogP contribution is 2.55. The van der Waals surface area contributed by atoms with Crippen molar-refractivity contribution in [3.8, 4) is 34.5 Å². The molecule has 0 bridgehead atoms. The minimum atomic E-state index is -2.32. The van der Waals surface area contributed by atoms with Crippen molar-refractivity contribution in [1.82, 2.24) is 0 Å². The van der Waals surface area contributed by atoms with Crippen LogP contribution in [0.2, 0.25) is 18.1 Å². The third kappa shape index (κ3) is 7.87.